The highest BCUT2D eigenvalue weighted by atomic mass is 16.5. The Hall–Kier alpha value is -1.18. The number of nitrogens with two attached hydrogens (primary N) is 1. The van der Waals surface area contributed by atoms with Crippen LogP contribution in [-0.4, -0.2) is 6.61 Å². The van der Waals surface area contributed by atoms with Gasteiger partial charge in [-0.1, -0.05) is 19.4 Å². The van der Waals surface area contributed by atoms with Gasteiger partial charge in [-0.2, -0.15) is 0 Å². The fourth-order valence-electron chi connectivity index (χ4n) is 1.86. The maximum Gasteiger partial charge on any atom is 0.121 e. The molecule has 1 aliphatic rings. The molecule has 0 spiro atoms. The Labute approximate surface area is 91.4 Å². The van der Waals surface area contributed by atoms with Crippen molar-refractivity contribution in [2.24, 2.45) is 5.92 Å². The van der Waals surface area contributed by atoms with Crippen LogP contribution in [0.15, 0.2) is 18.2 Å². The zero-order valence-electron chi connectivity index (χ0n) is 9.33. The lowest BCUT2D eigenvalue weighted by Gasteiger charge is -2.25. The van der Waals surface area contributed by atoms with Crippen LogP contribution in [0.5, 0.6) is 5.75 Å². The van der Waals surface area contributed by atoms with Crippen LogP contribution in [0.2, 0.25) is 0 Å². The van der Waals surface area contributed by atoms with Gasteiger partial charge in [0.05, 0.1) is 6.61 Å². The summed E-state index contributed by atoms with van der Waals surface area (Å²) in [5.41, 5.74) is 7.96. The Morgan fingerprint density at radius 3 is 2.73 bits per heavy atom. The van der Waals surface area contributed by atoms with Crippen LogP contribution < -0.4 is 10.5 Å². The van der Waals surface area contributed by atoms with Gasteiger partial charge in [0.15, 0.2) is 0 Å². The maximum absolute atomic E-state index is 5.90. The molecule has 1 saturated carbocycles. The van der Waals surface area contributed by atoms with E-state index in [0.717, 1.165) is 30.4 Å². The topological polar surface area (TPSA) is 35.2 Å². The molecule has 2 N–H and O–H groups in total. The standard InChI is InChI=1S/C13H19NO/c1-2-11-6-7-12(8-13(11)14)15-9-10-4-3-5-10/h6-8,10H,2-5,9,14H2,1H3. The fourth-order valence-corrected chi connectivity index (χ4v) is 1.86. The molecule has 15 heavy (non-hydrogen) atoms. The van der Waals surface area contributed by atoms with E-state index in [1.165, 1.54) is 24.8 Å². The van der Waals surface area contributed by atoms with Crippen LogP contribution in [0.1, 0.15) is 31.7 Å². The normalized spacial score (nSPS) is 16.1. The predicted octanol–water partition coefficient (Wildman–Crippen LogP) is 3.01. The molecule has 0 bridgehead atoms. The van der Waals surface area contributed by atoms with Gasteiger partial charge in [-0.15, -0.1) is 0 Å². The number of ether oxygens (including phenoxy) is 1. The Balaban J connectivity index is 1.93. The smallest absolute Gasteiger partial charge is 0.121 e. The van der Waals surface area contributed by atoms with Gasteiger partial charge in [0.2, 0.25) is 0 Å². The Morgan fingerprint density at radius 2 is 2.20 bits per heavy atom. The molecular formula is C13H19NO. The highest BCUT2D eigenvalue weighted by Crippen LogP contribution is 2.28. The van der Waals surface area contributed by atoms with Crippen LogP contribution in [0, 0.1) is 5.92 Å². The van der Waals surface area contributed by atoms with Crippen molar-refractivity contribution in [2.75, 3.05) is 12.3 Å². The zero-order chi connectivity index (χ0) is 10.7. The molecule has 82 valence electrons. The van der Waals surface area contributed by atoms with Crippen LogP contribution in [0.25, 0.3) is 0 Å². The third-order valence-electron chi connectivity index (χ3n) is 3.21. The molecule has 0 amide bonds. The molecule has 1 aromatic rings. The first kappa shape index (κ1) is 10.3. The van der Waals surface area contributed by atoms with Gasteiger partial charge < -0.3 is 10.5 Å². The van der Waals surface area contributed by atoms with Gasteiger partial charge >= 0.3 is 0 Å². The van der Waals surface area contributed by atoms with E-state index >= 15 is 0 Å². The molecule has 0 heterocycles. The average Bonchev–Trinajstić information content (AvgIpc) is 2.16. The van der Waals surface area contributed by atoms with Crippen molar-refractivity contribution in [2.45, 2.75) is 32.6 Å². The van der Waals surface area contributed by atoms with E-state index in [9.17, 15) is 0 Å². The van der Waals surface area contributed by atoms with Crippen molar-refractivity contribution in [1.29, 1.82) is 0 Å². The van der Waals surface area contributed by atoms with Crippen LogP contribution >= 0.6 is 0 Å². The first-order valence-corrected chi connectivity index (χ1v) is 5.80. The van der Waals surface area contributed by atoms with Gasteiger partial charge in [-0.25, -0.2) is 0 Å². The lowest BCUT2D eigenvalue weighted by Crippen LogP contribution is -2.19. The summed E-state index contributed by atoms with van der Waals surface area (Å²) in [5.74, 6) is 1.69. The number of anilines is 1. The molecule has 0 saturated heterocycles. The molecule has 1 aliphatic carbocycles. The molecule has 1 fully saturated rings. The summed E-state index contributed by atoms with van der Waals surface area (Å²) in [6.45, 7) is 2.96. The third-order valence-corrected chi connectivity index (χ3v) is 3.21. The van der Waals surface area contributed by atoms with E-state index in [0.29, 0.717) is 0 Å². The Kier molecular flexibility index (Phi) is 3.14. The molecule has 0 aliphatic heterocycles. The number of hydrogen-bond donors (Lipinski definition) is 1. The SMILES string of the molecule is CCc1ccc(OCC2CCC2)cc1N. The summed E-state index contributed by atoms with van der Waals surface area (Å²) in [7, 11) is 0. The molecule has 0 radical (unpaired) electrons. The predicted molar refractivity (Wildman–Crippen MR) is 63.1 cm³/mol. The van der Waals surface area contributed by atoms with Crippen molar-refractivity contribution in [3.63, 3.8) is 0 Å². The van der Waals surface area contributed by atoms with E-state index in [1.807, 2.05) is 12.1 Å². The Bertz CT molecular complexity index is 331. The van der Waals surface area contributed by atoms with Crippen LogP contribution in [0.3, 0.4) is 0 Å². The lowest BCUT2D eigenvalue weighted by molar-refractivity contribution is 0.180. The van der Waals surface area contributed by atoms with Crippen LogP contribution in [0.4, 0.5) is 5.69 Å². The minimum Gasteiger partial charge on any atom is -0.493 e. The number of hydrogen-bond acceptors (Lipinski definition) is 2. The van der Waals surface area contributed by atoms with E-state index < -0.39 is 0 Å². The van der Waals surface area contributed by atoms with E-state index in [4.69, 9.17) is 10.5 Å². The maximum atomic E-state index is 5.90. The number of nitrogen functional groups attached to an aromatic ring is 1. The van der Waals surface area contributed by atoms with Crippen LogP contribution in [-0.2, 0) is 6.42 Å². The summed E-state index contributed by atoms with van der Waals surface area (Å²) >= 11 is 0. The molecule has 2 nitrogen and oxygen atoms in total. The second-order valence-electron chi connectivity index (χ2n) is 4.32. The van der Waals surface area contributed by atoms with Crippen molar-refractivity contribution < 1.29 is 4.74 Å². The average molecular weight is 205 g/mol. The second-order valence-corrected chi connectivity index (χ2v) is 4.32. The van der Waals surface area contributed by atoms with Gasteiger partial charge in [0.25, 0.3) is 0 Å². The summed E-state index contributed by atoms with van der Waals surface area (Å²) in [4.78, 5) is 0. The molecule has 2 rings (SSSR count). The van der Waals surface area contributed by atoms with E-state index in [1.54, 1.807) is 0 Å². The summed E-state index contributed by atoms with van der Waals surface area (Å²) in [6, 6.07) is 6.02. The largest absolute Gasteiger partial charge is 0.493 e. The van der Waals surface area contributed by atoms with Crippen molar-refractivity contribution in [3.8, 4) is 5.75 Å². The molecular weight excluding hydrogens is 186 g/mol. The number of rotatable bonds is 4. The highest BCUT2D eigenvalue weighted by Gasteiger charge is 2.17. The first-order chi connectivity index (χ1) is 7.29. The monoisotopic (exact) mass is 205 g/mol. The third kappa shape index (κ3) is 2.44. The minimum atomic E-state index is 0.775. The molecule has 0 aromatic heterocycles. The lowest BCUT2D eigenvalue weighted by atomic mass is 9.86. The molecule has 0 unspecified atom stereocenters. The molecule has 1 aromatic carbocycles. The van der Waals surface area contributed by atoms with Gasteiger partial charge in [0.1, 0.15) is 5.75 Å². The number of aryl methyl sites for hydroxylation is 1. The first-order valence-electron chi connectivity index (χ1n) is 5.80. The Morgan fingerprint density at radius 1 is 1.40 bits per heavy atom. The van der Waals surface area contributed by atoms with E-state index in [2.05, 4.69) is 13.0 Å². The van der Waals surface area contributed by atoms with Gasteiger partial charge in [-0.05, 0) is 36.8 Å². The van der Waals surface area contributed by atoms with Crippen molar-refractivity contribution >= 4 is 5.69 Å². The second kappa shape index (κ2) is 4.56. The summed E-state index contributed by atoms with van der Waals surface area (Å²) in [5, 5.41) is 0. The van der Waals surface area contributed by atoms with Crippen molar-refractivity contribution in [1.82, 2.24) is 0 Å². The zero-order valence-corrected chi connectivity index (χ0v) is 9.33. The molecule has 0 atom stereocenters. The van der Waals surface area contributed by atoms with Gasteiger partial charge in [0, 0.05) is 11.8 Å². The summed E-state index contributed by atoms with van der Waals surface area (Å²) < 4.78 is 5.71. The van der Waals surface area contributed by atoms with Crippen molar-refractivity contribution in [3.05, 3.63) is 23.8 Å². The van der Waals surface area contributed by atoms with Gasteiger partial charge in [-0.3, -0.25) is 0 Å². The van der Waals surface area contributed by atoms with E-state index in [-0.39, 0.29) is 0 Å². The molecule has 2 heteroatoms. The quantitative estimate of drug-likeness (QED) is 0.767. The highest BCUT2D eigenvalue weighted by molar-refractivity contribution is 5.51. The number of benzene rings is 1. The fraction of sp³-hybridized carbons (Fsp3) is 0.538. The minimum absolute atomic E-state index is 0.775. The summed E-state index contributed by atoms with van der Waals surface area (Å²) in [6.07, 6.45) is 4.99.